The third-order valence-corrected chi connectivity index (χ3v) is 3.08. The van der Waals surface area contributed by atoms with Crippen LogP contribution in [0.25, 0.3) is 0 Å². The van der Waals surface area contributed by atoms with Crippen molar-refractivity contribution in [3.63, 3.8) is 0 Å². The Balaban J connectivity index is 2.03. The molecule has 1 rings (SSSR count). The lowest BCUT2D eigenvalue weighted by Gasteiger charge is -2.18. The Bertz CT molecular complexity index is 338. The van der Waals surface area contributed by atoms with Gasteiger partial charge in [0.15, 0.2) is 0 Å². The van der Waals surface area contributed by atoms with Gasteiger partial charge in [-0.05, 0) is 25.0 Å². The first-order chi connectivity index (χ1) is 8.70. The van der Waals surface area contributed by atoms with Gasteiger partial charge in [0.05, 0.1) is 0 Å². The Morgan fingerprint density at radius 2 is 1.67 bits per heavy atom. The number of hydrogen-bond acceptors (Lipinski definition) is 2. The van der Waals surface area contributed by atoms with Crippen LogP contribution in [0, 0.1) is 0 Å². The van der Waals surface area contributed by atoms with Gasteiger partial charge in [0, 0.05) is 25.7 Å². The second-order valence-electron chi connectivity index (χ2n) is 4.67. The van der Waals surface area contributed by atoms with E-state index in [1.807, 2.05) is 6.07 Å². The number of rotatable bonds is 9. The molecule has 0 spiro atoms. The molecule has 0 unspecified atom stereocenters. The lowest BCUT2D eigenvalue weighted by molar-refractivity contribution is -0.137. The second-order valence-corrected chi connectivity index (χ2v) is 4.67. The van der Waals surface area contributed by atoms with Crippen LogP contribution >= 0.6 is 0 Å². The summed E-state index contributed by atoms with van der Waals surface area (Å²) < 4.78 is 0. The van der Waals surface area contributed by atoms with Crippen molar-refractivity contribution in [2.24, 2.45) is 0 Å². The molecule has 0 heterocycles. The molecule has 3 nitrogen and oxygen atoms in total. The van der Waals surface area contributed by atoms with Crippen LogP contribution in [0.5, 0.6) is 0 Å². The second kappa shape index (κ2) is 8.56. The Morgan fingerprint density at radius 1 is 1.06 bits per heavy atom. The molecular formula is C15H23NO2. The predicted molar refractivity (Wildman–Crippen MR) is 75.0 cm³/mol. The molecule has 0 amide bonds. The molecular weight excluding hydrogens is 226 g/mol. The average Bonchev–Trinajstić information content (AvgIpc) is 2.38. The van der Waals surface area contributed by atoms with E-state index in [1.165, 1.54) is 18.5 Å². The molecule has 18 heavy (non-hydrogen) atoms. The summed E-state index contributed by atoms with van der Waals surface area (Å²) in [6, 6.07) is 10.4. The smallest absolute Gasteiger partial charge is 0.303 e. The van der Waals surface area contributed by atoms with Gasteiger partial charge in [-0.25, -0.2) is 0 Å². The third-order valence-electron chi connectivity index (χ3n) is 3.08. The average molecular weight is 249 g/mol. The van der Waals surface area contributed by atoms with Crippen LogP contribution in [0.2, 0.25) is 0 Å². The Morgan fingerprint density at radius 3 is 2.33 bits per heavy atom. The molecule has 1 N–H and O–H groups in total. The van der Waals surface area contributed by atoms with Gasteiger partial charge >= 0.3 is 5.97 Å². The Labute approximate surface area is 109 Å². The standard InChI is InChI=1S/C15H23NO2/c1-16(14-10-6-5-7-11-14)13-9-4-2-3-8-12-15(17)18/h5-7,10-11H,2-4,8-9,12-13H2,1H3,(H,17,18). The summed E-state index contributed by atoms with van der Waals surface area (Å²) in [7, 11) is 2.11. The Hall–Kier alpha value is -1.51. The zero-order chi connectivity index (χ0) is 13.2. The van der Waals surface area contributed by atoms with Crippen LogP contribution in [0.15, 0.2) is 30.3 Å². The summed E-state index contributed by atoms with van der Waals surface area (Å²) in [6.45, 7) is 1.06. The predicted octanol–water partition coefficient (Wildman–Crippen LogP) is 3.55. The van der Waals surface area contributed by atoms with Crippen molar-refractivity contribution in [3.05, 3.63) is 30.3 Å². The van der Waals surface area contributed by atoms with Crippen molar-refractivity contribution in [1.82, 2.24) is 0 Å². The molecule has 100 valence electrons. The number of hydrogen-bond donors (Lipinski definition) is 1. The molecule has 0 saturated carbocycles. The Kier molecular flexibility index (Phi) is 6.92. The highest BCUT2D eigenvalue weighted by molar-refractivity contribution is 5.66. The van der Waals surface area contributed by atoms with Crippen LogP contribution < -0.4 is 4.90 Å². The van der Waals surface area contributed by atoms with E-state index in [2.05, 4.69) is 36.2 Å². The van der Waals surface area contributed by atoms with Gasteiger partial charge in [0.25, 0.3) is 0 Å². The van der Waals surface area contributed by atoms with E-state index in [0.717, 1.165) is 25.8 Å². The van der Waals surface area contributed by atoms with Crippen LogP contribution in [0.1, 0.15) is 38.5 Å². The third kappa shape index (κ3) is 6.28. The number of unbranched alkanes of at least 4 members (excludes halogenated alkanes) is 4. The fourth-order valence-electron chi connectivity index (χ4n) is 1.97. The zero-order valence-electron chi connectivity index (χ0n) is 11.1. The maximum atomic E-state index is 10.3. The molecule has 0 aromatic heterocycles. The van der Waals surface area contributed by atoms with E-state index in [1.54, 1.807) is 0 Å². The van der Waals surface area contributed by atoms with Gasteiger partial charge in [-0.15, -0.1) is 0 Å². The largest absolute Gasteiger partial charge is 0.481 e. The van der Waals surface area contributed by atoms with Crippen molar-refractivity contribution < 1.29 is 9.90 Å². The summed E-state index contributed by atoms with van der Waals surface area (Å²) in [5, 5.41) is 8.51. The summed E-state index contributed by atoms with van der Waals surface area (Å²) in [5.74, 6) is -0.682. The van der Waals surface area contributed by atoms with Crippen molar-refractivity contribution >= 4 is 11.7 Å². The van der Waals surface area contributed by atoms with Crippen molar-refractivity contribution in [3.8, 4) is 0 Å². The SMILES string of the molecule is CN(CCCCCCCC(=O)O)c1ccccc1. The fraction of sp³-hybridized carbons (Fsp3) is 0.533. The normalized spacial score (nSPS) is 10.3. The van der Waals surface area contributed by atoms with Crippen molar-refractivity contribution in [1.29, 1.82) is 0 Å². The molecule has 0 atom stereocenters. The lowest BCUT2D eigenvalue weighted by Crippen LogP contribution is -2.18. The first kappa shape index (κ1) is 14.6. The molecule has 3 heteroatoms. The molecule has 1 aromatic carbocycles. The highest BCUT2D eigenvalue weighted by atomic mass is 16.4. The van der Waals surface area contributed by atoms with Crippen molar-refractivity contribution in [2.75, 3.05) is 18.5 Å². The van der Waals surface area contributed by atoms with Gasteiger partial charge < -0.3 is 10.0 Å². The molecule has 0 aliphatic heterocycles. The van der Waals surface area contributed by atoms with Gasteiger partial charge in [-0.2, -0.15) is 0 Å². The molecule has 0 radical (unpaired) electrons. The van der Waals surface area contributed by atoms with E-state index in [-0.39, 0.29) is 0 Å². The number of nitrogens with zero attached hydrogens (tertiary/aromatic N) is 1. The summed E-state index contributed by atoms with van der Waals surface area (Å²) in [5.41, 5.74) is 1.25. The van der Waals surface area contributed by atoms with E-state index in [0.29, 0.717) is 6.42 Å². The monoisotopic (exact) mass is 249 g/mol. The number of carboxylic acids is 1. The van der Waals surface area contributed by atoms with E-state index < -0.39 is 5.97 Å². The minimum absolute atomic E-state index is 0.309. The van der Waals surface area contributed by atoms with Gasteiger partial charge in [-0.1, -0.05) is 37.5 Å². The van der Waals surface area contributed by atoms with Crippen LogP contribution in [-0.2, 0) is 4.79 Å². The molecule has 0 fully saturated rings. The van der Waals surface area contributed by atoms with E-state index >= 15 is 0 Å². The minimum atomic E-state index is -0.682. The first-order valence-electron chi connectivity index (χ1n) is 6.68. The maximum Gasteiger partial charge on any atom is 0.303 e. The number of carbonyl (C=O) groups is 1. The molecule has 1 aromatic rings. The molecule has 0 aliphatic rings. The highest BCUT2D eigenvalue weighted by Crippen LogP contribution is 2.12. The first-order valence-corrected chi connectivity index (χ1v) is 6.68. The number of benzene rings is 1. The number of carboxylic acid groups (broad SMARTS) is 1. The summed E-state index contributed by atoms with van der Waals surface area (Å²) >= 11 is 0. The molecule has 0 bridgehead atoms. The molecule has 0 aliphatic carbocycles. The van der Waals surface area contributed by atoms with Gasteiger partial charge in [-0.3, -0.25) is 4.79 Å². The van der Waals surface area contributed by atoms with Crippen LogP contribution in [0.4, 0.5) is 5.69 Å². The summed E-state index contributed by atoms with van der Waals surface area (Å²) in [6.07, 6.45) is 5.63. The fourth-order valence-corrected chi connectivity index (χ4v) is 1.97. The van der Waals surface area contributed by atoms with E-state index in [4.69, 9.17) is 5.11 Å². The quantitative estimate of drug-likeness (QED) is 0.680. The minimum Gasteiger partial charge on any atom is -0.481 e. The van der Waals surface area contributed by atoms with Crippen LogP contribution in [-0.4, -0.2) is 24.7 Å². The number of anilines is 1. The van der Waals surface area contributed by atoms with Gasteiger partial charge in [0.2, 0.25) is 0 Å². The number of aliphatic carboxylic acids is 1. The highest BCUT2D eigenvalue weighted by Gasteiger charge is 2.00. The van der Waals surface area contributed by atoms with Crippen molar-refractivity contribution in [2.45, 2.75) is 38.5 Å². The maximum absolute atomic E-state index is 10.3. The van der Waals surface area contributed by atoms with Crippen LogP contribution in [0.3, 0.4) is 0 Å². The topological polar surface area (TPSA) is 40.5 Å². The summed E-state index contributed by atoms with van der Waals surface area (Å²) in [4.78, 5) is 12.6. The lowest BCUT2D eigenvalue weighted by atomic mass is 10.1. The zero-order valence-corrected chi connectivity index (χ0v) is 11.1. The van der Waals surface area contributed by atoms with E-state index in [9.17, 15) is 4.79 Å². The number of para-hydroxylation sites is 1. The molecule has 0 saturated heterocycles. The van der Waals surface area contributed by atoms with Gasteiger partial charge in [0.1, 0.15) is 0 Å².